The molecule has 2 aromatic carbocycles. The maximum atomic E-state index is 14.0. The number of carbonyl (C=O) groups excluding carboxylic acids is 1. The summed E-state index contributed by atoms with van der Waals surface area (Å²) in [6, 6.07) is 8.16. The van der Waals surface area contributed by atoms with E-state index < -0.39 is 27.7 Å². The fraction of sp³-hybridized carbons (Fsp3) is 0.364. The summed E-state index contributed by atoms with van der Waals surface area (Å²) in [5.41, 5.74) is 2.39. The second-order valence-electron chi connectivity index (χ2n) is 7.84. The molecule has 0 spiro atoms. The Morgan fingerprint density at radius 3 is 1.93 bits per heavy atom. The number of aromatic carboxylic acids is 1. The van der Waals surface area contributed by atoms with E-state index in [1.165, 1.54) is 36.4 Å². The number of amides is 1. The van der Waals surface area contributed by atoms with Crippen LogP contribution in [0.1, 0.15) is 72.1 Å². The molecule has 2 rings (SSSR count). The number of rotatable bonds is 8. The zero-order valence-electron chi connectivity index (χ0n) is 17.4. The van der Waals surface area contributed by atoms with Crippen molar-refractivity contribution in [2.75, 3.05) is 0 Å². The summed E-state index contributed by atoms with van der Waals surface area (Å²) in [5.74, 6) is -2.73. The fourth-order valence-corrected chi connectivity index (χ4v) is 4.41. The Morgan fingerprint density at radius 1 is 1.00 bits per heavy atom. The molecule has 2 N–H and O–H groups in total. The SMILES string of the molecule is CC(C)c1cc(F)cc(C(C)C)c1CC(=O)NS(=O)(=O)Cc1ccc(C(=O)O)cc1. The fourth-order valence-electron chi connectivity index (χ4n) is 3.28. The van der Waals surface area contributed by atoms with Crippen LogP contribution in [0.2, 0.25) is 0 Å². The third-order valence-electron chi connectivity index (χ3n) is 4.69. The van der Waals surface area contributed by atoms with Crippen molar-refractivity contribution in [3.8, 4) is 0 Å². The van der Waals surface area contributed by atoms with Gasteiger partial charge in [0.1, 0.15) is 5.82 Å². The first kappa shape index (κ1) is 23.5. The van der Waals surface area contributed by atoms with Gasteiger partial charge < -0.3 is 5.11 Å². The number of hydrogen-bond donors (Lipinski definition) is 2. The first-order valence-corrected chi connectivity index (χ1v) is 11.2. The van der Waals surface area contributed by atoms with Crippen LogP contribution >= 0.6 is 0 Å². The van der Waals surface area contributed by atoms with Gasteiger partial charge in [0, 0.05) is 0 Å². The van der Waals surface area contributed by atoms with Crippen LogP contribution in [0, 0.1) is 5.82 Å². The van der Waals surface area contributed by atoms with E-state index in [0.717, 1.165) is 0 Å². The molecule has 0 atom stereocenters. The predicted molar refractivity (Wildman–Crippen MR) is 112 cm³/mol. The number of benzene rings is 2. The zero-order chi connectivity index (χ0) is 22.6. The quantitative estimate of drug-likeness (QED) is 0.654. The normalized spacial score (nSPS) is 11.7. The molecule has 0 unspecified atom stereocenters. The van der Waals surface area contributed by atoms with E-state index in [-0.39, 0.29) is 29.6 Å². The second kappa shape index (κ2) is 9.38. The maximum Gasteiger partial charge on any atom is 0.335 e. The van der Waals surface area contributed by atoms with E-state index >= 15 is 0 Å². The lowest BCUT2D eigenvalue weighted by atomic mass is 9.87. The molecule has 162 valence electrons. The van der Waals surface area contributed by atoms with Crippen molar-refractivity contribution in [1.29, 1.82) is 0 Å². The topological polar surface area (TPSA) is 101 Å². The average molecular weight is 436 g/mol. The lowest BCUT2D eigenvalue weighted by Crippen LogP contribution is -2.33. The van der Waals surface area contributed by atoms with Crippen molar-refractivity contribution < 1.29 is 27.5 Å². The van der Waals surface area contributed by atoms with Gasteiger partial charge in [-0.15, -0.1) is 0 Å². The highest BCUT2D eigenvalue weighted by Gasteiger charge is 2.21. The molecule has 0 aliphatic carbocycles. The molecule has 1 amide bonds. The van der Waals surface area contributed by atoms with Gasteiger partial charge in [-0.1, -0.05) is 39.8 Å². The molecule has 0 saturated heterocycles. The Labute approximate surface area is 176 Å². The standard InChI is InChI=1S/C22H26FNO5S/c1-13(2)18-9-17(23)10-19(14(3)4)20(18)11-21(25)24-30(28,29)12-15-5-7-16(8-6-15)22(26)27/h5-10,13-14H,11-12H2,1-4H3,(H,24,25)(H,26,27). The molecule has 0 aliphatic rings. The van der Waals surface area contributed by atoms with Gasteiger partial charge in [-0.05, 0) is 58.4 Å². The molecule has 0 bridgehead atoms. The minimum Gasteiger partial charge on any atom is -0.478 e. The van der Waals surface area contributed by atoms with Gasteiger partial charge in [-0.25, -0.2) is 17.6 Å². The Balaban J connectivity index is 2.21. The molecule has 2 aromatic rings. The second-order valence-corrected chi connectivity index (χ2v) is 9.56. The van der Waals surface area contributed by atoms with Crippen LogP contribution in [0.25, 0.3) is 0 Å². The van der Waals surface area contributed by atoms with E-state index in [1.807, 2.05) is 27.7 Å². The van der Waals surface area contributed by atoms with Crippen LogP contribution in [-0.4, -0.2) is 25.4 Å². The van der Waals surface area contributed by atoms with Gasteiger partial charge in [0.25, 0.3) is 0 Å². The number of carboxylic acids is 1. The smallest absolute Gasteiger partial charge is 0.335 e. The summed E-state index contributed by atoms with van der Waals surface area (Å²) in [4.78, 5) is 23.4. The van der Waals surface area contributed by atoms with Gasteiger partial charge in [-0.2, -0.15) is 0 Å². The van der Waals surface area contributed by atoms with E-state index in [9.17, 15) is 22.4 Å². The number of nitrogens with one attached hydrogen (secondary N) is 1. The highest BCUT2D eigenvalue weighted by Crippen LogP contribution is 2.29. The van der Waals surface area contributed by atoms with Crippen LogP contribution in [0.5, 0.6) is 0 Å². The zero-order valence-corrected chi connectivity index (χ0v) is 18.2. The van der Waals surface area contributed by atoms with Gasteiger partial charge in [0.15, 0.2) is 0 Å². The third kappa shape index (κ3) is 6.13. The van der Waals surface area contributed by atoms with Crippen LogP contribution in [0.3, 0.4) is 0 Å². The van der Waals surface area contributed by atoms with Crippen LogP contribution in [-0.2, 0) is 27.0 Å². The summed E-state index contributed by atoms with van der Waals surface area (Å²) >= 11 is 0. The number of hydrogen-bond acceptors (Lipinski definition) is 4. The molecule has 0 saturated carbocycles. The van der Waals surface area contributed by atoms with Gasteiger partial charge in [0.05, 0.1) is 17.7 Å². The lowest BCUT2D eigenvalue weighted by Gasteiger charge is -2.20. The van der Waals surface area contributed by atoms with Crippen LogP contribution in [0.4, 0.5) is 4.39 Å². The highest BCUT2D eigenvalue weighted by atomic mass is 32.2. The van der Waals surface area contributed by atoms with Gasteiger partial charge >= 0.3 is 5.97 Å². The van der Waals surface area contributed by atoms with Crippen LogP contribution < -0.4 is 4.72 Å². The number of halogens is 1. The van der Waals surface area contributed by atoms with Crippen molar-refractivity contribution in [2.45, 2.75) is 51.7 Å². The minimum absolute atomic E-state index is 0.0367. The largest absolute Gasteiger partial charge is 0.478 e. The molecule has 6 nitrogen and oxygen atoms in total. The van der Waals surface area contributed by atoms with Crippen molar-refractivity contribution in [3.05, 3.63) is 70.0 Å². The Bertz CT molecular complexity index is 1010. The Kier molecular flexibility index (Phi) is 7.36. The number of carboxylic acid groups (broad SMARTS) is 1. The van der Waals surface area contributed by atoms with Crippen molar-refractivity contribution in [1.82, 2.24) is 4.72 Å². The number of carbonyl (C=O) groups is 2. The summed E-state index contributed by atoms with van der Waals surface area (Å²) in [6.45, 7) is 7.55. The summed E-state index contributed by atoms with van der Waals surface area (Å²) in [7, 11) is -3.98. The molecular weight excluding hydrogens is 409 g/mol. The van der Waals surface area contributed by atoms with E-state index in [0.29, 0.717) is 22.3 Å². The number of sulfonamides is 1. The Morgan fingerprint density at radius 2 is 1.50 bits per heavy atom. The van der Waals surface area contributed by atoms with Crippen molar-refractivity contribution in [2.24, 2.45) is 0 Å². The van der Waals surface area contributed by atoms with E-state index in [4.69, 9.17) is 5.11 Å². The summed E-state index contributed by atoms with van der Waals surface area (Å²) < 4.78 is 40.9. The van der Waals surface area contributed by atoms with Crippen molar-refractivity contribution in [3.63, 3.8) is 0 Å². The Hall–Kier alpha value is -2.74. The molecule has 30 heavy (non-hydrogen) atoms. The monoisotopic (exact) mass is 435 g/mol. The maximum absolute atomic E-state index is 14.0. The minimum atomic E-state index is -3.98. The molecule has 0 aliphatic heterocycles. The predicted octanol–water partition coefficient (Wildman–Crippen LogP) is 3.96. The average Bonchev–Trinajstić information content (AvgIpc) is 2.61. The summed E-state index contributed by atoms with van der Waals surface area (Å²) in [6.07, 6.45) is -0.182. The molecule has 0 heterocycles. The first-order valence-electron chi connectivity index (χ1n) is 9.57. The van der Waals surface area contributed by atoms with Crippen molar-refractivity contribution >= 4 is 21.9 Å². The lowest BCUT2D eigenvalue weighted by molar-refractivity contribution is -0.118. The van der Waals surface area contributed by atoms with E-state index in [1.54, 1.807) is 0 Å². The van der Waals surface area contributed by atoms with Gasteiger partial charge in [0.2, 0.25) is 15.9 Å². The molecular formula is C22H26FNO5S. The molecule has 0 radical (unpaired) electrons. The first-order chi connectivity index (χ1) is 13.9. The summed E-state index contributed by atoms with van der Waals surface area (Å²) in [5, 5.41) is 8.91. The van der Waals surface area contributed by atoms with Gasteiger partial charge in [-0.3, -0.25) is 9.52 Å². The highest BCUT2D eigenvalue weighted by molar-refractivity contribution is 7.89. The molecule has 0 fully saturated rings. The molecule has 8 heteroatoms. The van der Waals surface area contributed by atoms with Crippen LogP contribution in [0.15, 0.2) is 36.4 Å². The van der Waals surface area contributed by atoms with E-state index in [2.05, 4.69) is 4.72 Å². The molecule has 0 aromatic heterocycles. The third-order valence-corrected chi connectivity index (χ3v) is 5.94.